The number of amides is 1. The smallest absolute Gasteiger partial charge is 0.274 e. The number of H-pyrrole nitrogens is 1. The molecule has 6 heteroatoms. The van der Waals surface area contributed by atoms with E-state index in [1.807, 2.05) is 6.92 Å². The van der Waals surface area contributed by atoms with Crippen LogP contribution in [0.25, 0.3) is 0 Å². The Bertz CT molecular complexity index is 449. The van der Waals surface area contributed by atoms with E-state index in [4.69, 9.17) is 10.5 Å². The zero-order chi connectivity index (χ0) is 13.9. The predicted octanol–water partition coefficient (Wildman–Crippen LogP) is 1.24. The summed E-state index contributed by atoms with van der Waals surface area (Å²) in [7, 11) is 0. The zero-order valence-corrected chi connectivity index (χ0v) is 11.6. The van der Waals surface area contributed by atoms with Gasteiger partial charge in [0.2, 0.25) is 0 Å². The van der Waals surface area contributed by atoms with Crippen LogP contribution < -0.4 is 11.1 Å². The molecule has 1 aliphatic rings. The number of carbonyl (C=O) groups is 1. The van der Waals surface area contributed by atoms with Gasteiger partial charge in [0, 0.05) is 18.8 Å². The first-order valence-corrected chi connectivity index (χ1v) is 6.79. The Morgan fingerprint density at radius 2 is 2.21 bits per heavy atom. The molecule has 0 atom stereocenters. The Morgan fingerprint density at radius 3 is 2.84 bits per heavy atom. The predicted molar refractivity (Wildman–Crippen MR) is 72.9 cm³/mol. The molecular weight excluding hydrogens is 244 g/mol. The molecule has 2 heterocycles. The summed E-state index contributed by atoms with van der Waals surface area (Å²) in [5, 5.41) is 9.91. The van der Waals surface area contributed by atoms with Crippen molar-refractivity contribution in [2.24, 2.45) is 0 Å². The van der Waals surface area contributed by atoms with Gasteiger partial charge in [-0.2, -0.15) is 5.10 Å². The van der Waals surface area contributed by atoms with E-state index in [0.29, 0.717) is 24.6 Å². The van der Waals surface area contributed by atoms with E-state index in [-0.39, 0.29) is 11.4 Å². The molecule has 0 saturated carbocycles. The fraction of sp³-hybridized carbons (Fsp3) is 0.692. The van der Waals surface area contributed by atoms with Crippen LogP contribution in [0.3, 0.4) is 0 Å². The second kappa shape index (κ2) is 5.61. The SMILES string of the molecule is CCCc1[nH]nc(C(=O)NC2(C)CCOCC2)c1N. The Balaban J connectivity index is 2.07. The maximum absolute atomic E-state index is 12.2. The lowest BCUT2D eigenvalue weighted by atomic mass is 9.92. The topological polar surface area (TPSA) is 93.0 Å². The number of ether oxygens (including phenoxy) is 1. The Kier molecular flexibility index (Phi) is 4.09. The first-order valence-electron chi connectivity index (χ1n) is 6.79. The van der Waals surface area contributed by atoms with Crippen LogP contribution in [-0.2, 0) is 11.2 Å². The summed E-state index contributed by atoms with van der Waals surface area (Å²) in [6, 6.07) is 0. The summed E-state index contributed by atoms with van der Waals surface area (Å²) in [5.41, 5.74) is 7.34. The van der Waals surface area contributed by atoms with Crippen molar-refractivity contribution in [1.29, 1.82) is 0 Å². The highest BCUT2D eigenvalue weighted by molar-refractivity contribution is 5.98. The molecule has 6 nitrogen and oxygen atoms in total. The fourth-order valence-electron chi connectivity index (χ4n) is 2.28. The Morgan fingerprint density at radius 1 is 1.53 bits per heavy atom. The first kappa shape index (κ1) is 13.9. The maximum Gasteiger partial charge on any atom is 0.274 e. The number of carbonyl (C=O) groups excluding carboxylic acids is 1. The van der Waals surface area contributed by atoms with E-state index < -0.39 is 0 Å². The van der Waals surface area contributed by atoms with Crippen molar-refractivity contribution in [2.75, 3.05) is 18.9 Å². The molecule has 2 rings (SSSR count). The van der Waals surface area contributed by atoms with E-state index in [9.17, 15) is 4.79 Å². The lowest BCUT2D eigenvalue weighted by Crippen LogP contribution is -2.49. The van der Waals surface area contributed by atoms with Crippen LogP contribution in [-0.4, -0.2) is 34.9 Å². The van der Waals surface area contributed by atoms with Crippen molar-refractivity contribution in [1.82, 2.24) is 15.5 Å². The number of hydrogen-bond donors (Lipinski definition) is 3. The third-order valence-electron chi connectivity index (χ3n) is 3.61. The lowest BCUT2D eigenvalue weighted by Gasteiger charge is -2.34. The third-order valence-corrected chi connectivity index (χ3v) is 3.61. The van der Waals surface area contributed by atoms with Gasteiger partial charge in [0.25, 0.3) is 5.91 Å². The number of aromatic amines is 1. The fourth-order valence-corrected chi connectivity index (χ4v) is 2.28. The van der Waals surface area contributed by atoms with Crippen LogP contribution in [0.2, 0.25) is 0 Å². The van der Waals surface area contributed by atoms with Gasteiger partial charge in [-0.25, -0.2) is 0 Å². The summed E-state index contributed by atoms with van der Waals surface area (Å²) in [5.74, 6) is -0.208. The van der Waals surface area contributed by atoms with Crippen molar-refractivity contribution < 1.29 is 9.53 Å². The van der Waals surface area contributed by atoms with Gasteiger partial charge in [-0.1, -0.05) is 13.3 Å². The van der Waals surface area contributed by atoms with Crippen LogP contribution in [0.1, 0.15) is 49.3 Å². The van der Waals surface area contributed by atoms with Crippen molar-refractivity contribution in [2.45, 2.75) is 45.1 Å². The largest absolute Gasteiger partial charge is 0.395 e. The highest BCUT2D eigenvalue weighted by Gasteiger charge is 2.30. The van der Waals surface area contributed by atoms with E-state index in [1.54, 1.807) is 0 Å². The van der Waals surface area contributed by atoms with Gasteiger partial charge in [-0.3, -0.25) is 9.89 Å². The molecule has 0 aliphatic carbocycles. The molecule has 0 aromatic carbocycles. The molecular formula is C13H22N4O2. The number of nitrogens with two attached hydrogens (primary N) is 1. The average Bonchev–Trinajstić information content (AvgIpc) is 2.72. The first-order chi connectivity index (χ1) is 9.06. The van der Waals surface area contributed by atoms with Crippen molar-refractivity contribution >= 4 is 11.6 Å². The molecule has 0 bridgehead atoms. The number of rotatable bonds is 4. The normalized spacial score (nSPS) is 18.2. The van der Waals surface area contributed by atoms with Crippen molar-refractivity contribution in [3.63, 3.8) is 0 Å². The lowest BCUT2D eigenvalue weighted by molar-refractivity contribution is 0.0421. The minimum absolute atomic E-state index is 0.208. The zero-order valence-electron chi connectivity index (χ0n) is 11.6. The van der Waals surface area contributed by atoms with Crippen LogP contribution in [0, 0.1) is 0 Å². The monoisotopic (exact) mass is 266 g/mol. The number of hydrogen-bond acceptors (Lipinski definition) is 4. The number of aryl methyl sites for hydroxylation is 1. The van der Waals surface area contributed by atoms with Gasteiger partial charge in [-0.05, 0) is 26.2 Å². The van der Waals surface area contributed by atoms with Crippen LogP contribution in [0.4, 0.5) is 5.69 Å². The second-order valence-electron chi connectivity index (χ2n) is 5.34. The van der Waals surface area contributed by atoms with Crippen LogP contribution in [0.5, 0.6) is 0 Å². The summed E-state index contributed by atoms with van der Waals surface area (Å²) < 4.78 is 5.31. The molecule has 4 N–H and O–H groups in total. The number of nitrogens with zero attached hydrogens (tertiary/aromatic N) is 1. The van der Waals surface area contributed by atoms with Gasteiger partial charge in [0.15, 0.2) is 5.69 Å². The molecule has 0 spiro atoms. The molecule has 19 heavy (non-hydrogen) atoms. The van der Waals surface area contributed by atoms with Gasteiger partial charge < -0.3 is 15.8 Å². The van der Waals surface area contributed by atoms with Crippen LogP contribution in [0.15, 0.2) is 0 Å². The van der Waals surface area contributed by atoms with E-state index >= 15 is 0 Å². The molecule has 1 amide bonds. The highest BCUT2D eigenvalue weighted by Crippen LogP contribution is 2.22. The van der Waals surface area contributed by atoms with Gasteiger partial charge in [0.05, 0.1) is 11.4 Å². The minimum Gasteiger partial charge on any atom is -0.395 e. The third kappa shape index (κ3) is 3.07. The molecule has 1 fully saturated rings. The van der Waals surface area contributed by atoms with E-state index in [0.717, 1.165) is 31.4 Å². The van der Waals surface area contributed by atoms with E-state index in [2.05, 4.69) is 22.4 Å². The standard InChI is InChI=1S/C13H22N4O2/c1-3-4-9-10(14)11(17-16-9)12(18)15-13(2)5-7-19-8-6-13/h3-8,14H2,1-2H3,(H,15,18)(H,16,17). The maximum atomic E-state index is 12.2. The number of aromatic nitrogens is 2. The van der Waals surface area contributed by atoms with E-state index in [1.165, 1.54) is 0 Å². The molecule has 1 saturated heterocycles. The molecule has 1 aromatic heterocycles. The molecule has 0 unspecified atom stereocenters. The van der Waals surface area contributed by atoms with Crippen molar-refractivity contribution in [3.05, 3.63) is 11.4 Å². The summed E-state index contributed by atoms with van der Waals surface area (Å²) in [4.78, 5) is 12.2. The highest BCUT2D eigenvalue weighted by atomic mass is 16.5. The summed E-state index contributed by atoms with van der Waals surface area (Å²) in [6.45, 7) is 5.44. The van der Waals surface area contributed by atoms with Crippen LogP contribution >= 0.6 is 0 Å². The molecule has 0 radical (unpaired) electrons. The molecule has 1 aromatic rings. The average molecular weight is 266 g/mol. The quantitative estimate of drug-likeness (QED) is 0.764. The molecule has 106 valence electrons. The number of nitrogen functional groups attached to an aromatic ring is 1. The van der Waals surface area contributed by atoms with Gasteiger partial charge in [0.1, 0.15) is 0 Å². The van der Waals surface area contributed by atoms with Gasteiger partial charge >= 0.3 is 0 Å². The molecule has 1 aliphatic heterocycles. The Labute approximate surface area is 113 Å². The van der Waals surface area contributed by atoms with Gasteiger partial charge in [-0.15, -0.1) is 0 Å². The van der Waals surface area contributed by atoms with Crippen molar-refractivity contribution in [3.8, 4) is 0 Å². The summed E-state index contributed by atoms with van der Waals surface area (Å²) in [6.07, 6.45) is 3.38. The second-order valence-corrected chi connectivity index (χ2v) is 5.34. The number of nitrogens with one attached hydrogen (secondary N) is 2. The minimum atomic E-state index is -0.231. The Hall–Kier alpha value is -1.56. The number of anilines is 1. The summed E-state index contributed by atoms with van der Waals surface area (Å²) >= 11 is 0.